The molecular weight excluding hydrogens is 260 g/mol. The molecule has 1 aromatic rings. The van der Waals surface area contributed by atoms with Crippen molar-refractivity contribution < 1.29 is 9.53 Å². The molecule has 0 saturated heterocycles. The number of unbranched alkanes of at least 4 members (excludes halogenated alkanes) is 3. The standard InChI is InChI=1S/C19H30O2/c1-5-7-8-9-10-16-11-13-17(14-12-16)19(20)21-18(6-2)15(3)4/h11-15,18H,5-10H2,1-4H3. The van der Waals surface area contributed by atoms with Gasteiger partial charge in [0.15, 0.2) is 0 Å². The van der Waals surface area contributed by atoms with Crippen LogP contribution in [0.2, 0.25) is 0 Å². The van der Waals surface area contributed by atoms with Gasteiger partial charge in [-0.05, 0) is 42.9 Å². The van der Waals surface area contributed by atoms with Crippen LogP contribution in [0.4, 0.5) is 0 Å². The van der Waals surface area contributed by atoms with Gasteiger partial charge in [0.1, 0.15) is 6.10 Å². The van der Waals surface area contributed by atoms with Crippen LogP contribution >= 0.6 is 0 Å². The third-order valence-electron chi connectivity index (χ3n) is 3.91. The molecule has 0 aliphatic rings. The maximum absolute atomic E-state index is 12.1. The zero-order valence-corrected chi connectivity index (χ0v) is 14.0. The Labute approximate surface area is 129 Å². The van der Waals surface area contributed by atoms with E-state index in [1.807, 2.05) is 12.1 Å². The third-order valence-corrected chi connectivity index (χ3v) is 3.91. The first-order valence-electron chi connectivity index (χ1n) is 8.38. The number of carbonyl (C=O) groups excluding carboxylic acids is 1. The van der Waals surface area contributed by atoms with Crippen LogP contribution in [0.1, 0.15) is 75.7 Å². The molecule has 0 aliphatic carbocycles. The number of hydrogen-bond donors (Lipinski definition) is 0. The van der Waals surface area contributed by atoms with Crippen molar-refractivity contribution in [2.75, 3.05) is 0 Å². The molecular formula is C19H30O2. The predicted molar refractivity (Wildman–Crippen MR) is 88.6 cm³/mol. The van der Waals surface area contributed by atoms with E-state index in [0.29, 0.717) is 11.5 Å². The van der Waals surface area contributed by atoms with E-state index in [0.717, 1.165) is 12.8 Å². The Balaban J connectivity index is 2.51. The topological polar surface area (TPSA) is 26.3 Å². The molecule has 0 saturated carbocycles. The molecule has 0 aliphatic heterocycles. The Hall–Kier alpha value is -1.31. The van der Waals surface area contributed by atoms with E-state index in [-0.39, 0.29) is 12.1 Å². The van der Waals surface area contributed by atoms with Gasteiger partial charge in [-0.2, -0.15) is 0 Å². The molecule has 2 heteroatoms. The van der Waals surface area contributed by atoms with Crippen molar-refractivity contribution in [1.82, 2.24) is 0 Å². The molecule has 0 amide bonds. The van der Waals surface area contributed by atoms with Gasteiger partial charge < -0.3 is 4.74 Å². The van der Waals surface area contributed by atoms with Gasteiger partial charge in [0, 0.05) is 0 Å². The van der Waals surface area contributed by atoms with Crippen molar-refractivity contribution in [2.45, 2.75) is 72.3 Å². The van der Waals surface area contributed by atoms with Crippen LogP contribution in [-0.2, 0) is 11.2 Å². The average molecular weight is 290 g/mol. The maximum atomic E-state index is 12.1. The highest BCUT2D eigenvalue weighted by molar-refractivity contribution is 5.89. The van der Waals surface area contributed by atoms with Gasteiger partial charge in [0.05, 0.1) is 5.56 Å². The first-order valence-corrected chi connectivity index (χ1v) is 8.38. The number of rotatable bonds is 9. The number of benzene rings is 1. The molecule has 21 heavy (non-hydrogen) atoms. The van der Waals surface area contributed by atoms with Crippen LogP contribution in [-0.4, -0.2) is 12.1 Å². The molecule has 1 rings (SSSR count). The zero-order chi connectivity index (χ0) is 15.7. The average Bonchev–Trinajstić information content (AvgIpc) is 2.49. The molecule has 0 bridgehead atoms. The van der Waals surface area contributed by atoms with E-state index in [1.54, 1.807) is 0 Å². The number of aryl methyl sites for hydroxylation is 1. The smallest absolute Gasteiger partial charge is 0.338 e. The van der Waals surface area contributed by atoms with E-state index < -0.39 is 0 Å². The van der Waals surface area contributed by atoms with Crippen molar-refractivity contribution in [2.24, 2.45) is 5.92 Å². The summed E-state index contributed by atoms with van der Waals surface area (Å²) in [4.78, 5) is 12.1. The van der Waals surface area contributed by atoms with Crippen LogP contribution < -0.4 is 0 Å². The lowest BCUT2D eigenvalue weighted by molar-refractivity contribution is 0.0173. The molecule has 2 nitrogen and oxygen atoms in total. The third kappa shape index (κ3) is 6.33. The summed E-state index contributed by atoms with van der Waals surface area (Å²) >= 11 is 0. The molecule has 1 aromatic carbocycles. The normalized spacial score (nSPS) is 12.4. The molecule has 0 N–H and O–H groups in total. The summed E-state index contributed by atoms with van der Waals surface area (Å²) in [6, 6.07) is 7.90. The second-order valence-corrected chi connectivity index (χ2v) is 6.10. The van der Waals surface area contributed by atoms with Gasteiger partial charge in [-0.3, -0.25) is 0 Å². The van der Waals surface area contributed by atoms with Crippen molar-refractivity contribution in [1.29, 1.82) is 0 Å². The SMILES string of the molecule is CCCCCCc1ccc(C(=O)OC(CC)C(C)C)cc1. The van der Waals surface area contributed by atoms with E-state index in [9.17, 15) is 4.79 Å². The Morgan fingerprint density at radius 1 is 1.05 bits per heavy atom. The molecule has 1 unspecified atom stereocenters. The van der Waals surface area contributed by atoms with Gasteiger partial charge in [0.2, 0.25) is 0 Å². The van der Waals surface area contributed by atoms with Crippen LogP contribution in [0.25, 0.3) is 0 Å². The lowest BCUT2D eigenvalue weighted by atomic mass is 10.0. The molecule has 0 spiro atoms. The van der Waals surface area contributed by atoms with Gasteiger partial charge in [-0.1, -0.05) is 59.1 Å². The Morgan fingerprint density at radius 2 is 1.71 bits per heavy atom. The minimum Gasteiger partial charge on any atom is -0.459 e. The fourth-order valence-electron chi connectivity index (χ4n) is 2.46. The maximum Gasteiger partial charge on any atom is 0.338 e. The molecule has 0 aromatic heterocycles. The molecule has 0 fully saturated rings. The second kappa shape index (κ2) is 9.59. The zero-order valence-electron chi connectivity index (χ0n) is 14.0. The summed E-state index contributed by atoms with van der Waals surface area (Å²) in [5.74, 6) is 0.157. The first-order chi connectivity index (χ1) is 10.1. The van der Waals surface area contributed by atoms with Crippen molar-refractivity contribution in [3.8, 4) is 0 Å². The highest BCUT2D eigenvalue weighted by Gasteiger charge is 2.17. The number of carbonyl (C=O) groups is 1. The quantitative estimate of drug-likeness (QED) is 0.449. The predicted octanol–water partition coefficient (Wildman–Crippen LogP) is 5.40. The number of hydrogen-bond acceptors (Lipinski definition) is 2. The van der Waals surface area contributed by atoms with Crippen LogP contribution in [0.3, 0.4) is 0 Å². The van der Waals surface area contributed by atoms with E-state index in [1.165, 1.54) is 31.2 Å². The van der Waals surface area contributed by atoms with Gasteiger partial charge in [0.25, 0.3) is 0 Å². The van der Waals surface area contributed by atoms with E-state index >= 15 is 0 Å². The summed E-state index contributed by atoms with van der Waals surface area (Å²) in [6.45, 7) is 8.44. The molecule has 1 atom stereocenters. The highest BCUT2D eigenvalue weighted by atomic mass is 16.5. The van der Waals surface area contributed by atoms with Gasteiger partial charge in [-0.15, -0.1) is 0 Å². The van der Waals surface area contributed by atoms with Crippen LogP contribution in [0.15, 0.2) is 24.3 Å². The van der Waals surface area contributed by atoms with Crippen molar-refractivity contribution in [3.05, 3.63) is 35.4 Å². The van der Waals surface area contributed by atoms with Crippen molar-refractivity contribution in [3.63, 3.8) is 0 Å². The monoisotopic (exact) mass is 290 g/mol. The minimum atomic E-state index is -0.201. The Morgan fingerprint density at radius 3 is 2.24 bits per heavy atom. The minimum absolute atomic E-state index is 0.00576. The van der Waals surface area contributed by atoms with Crippen LogP contribution in [0, 0.1) is 5.92 Å². The summed E-state index contributed by atoms with van der Waals surface area (Å²) < 4.78 is 5.56. The number of ether oxygens (including phenoxy) is 1. The fourth-order valence-corrected chi connectivity index (χ4v) is 2.46. The molecule has 0 heterocycles. The Kier molecular flexibility index (Phi) is 8.11. The van der Waals surface area contributed by atoms with Crippen molar-refractivity contribution >= 4 is 5.97 Å². The fraction of sp³-hybridized carbons (Fsp3) is 0.632. The lowest BCUT2D eigenvalue weighted by Gasteiger charge is -2.19. The highest BCUT2D eigenvalue weighted by Crippen LogP contribution is 2.15. The van der Waals surface area contributed by atoms with Crippen LogP contribution in [0.5, 0.6) is 0 Å². The summed E-state index contributed by atoms with van der Waals surface area (Å²) in [5.41, 5.74) is 1.96. The largest absolute Gasteiger partial charge is 0.459 e. The van der Waals surface area contributed by atoms with Gasteiger partial charge in [-0.25, -0.2) is 4.79 Å². The lowest BCUT2D eigenvalue weighted by Crippen LogP contribution is -2.22. The second-order valence-electron chi connectivity index (χ2n) is 6.10. The number of esters is 1. The summed E-state index contributed by atoms with van der Waals surface area (Å²) in [5, 5.41) is 0. The first kappa shape index (κ1) is 17.7. The van der Waals surface area contributed by atoms with E-state index in [2.05, 4.69) is 39.8 Å². The molecule has 118 valence electrons. The summed E-state index contributed by atoms with van der Waals surface area (Å²) in [6.07, 6.45) is 7.04. The molecule has 0 radical (unpaired) electrons. The Bertz CT molecular complexity index is 406. The van der Waals surface area contributed by atoms with E-state index in [4.69, 9.17) is 4.74 Å². The summed E-state index contributed by atoms with van der Waals surface area (Å²) in [7, 11) is 0. The van der Waals surface area contributed by atoms with Gasteiger partial charge >= 0.3 is 5.97 Å².